The van der Waals surface area contributed by atoms with E-state index >= 15 is 0 Å². The Morgan fingerprint density at radius 2 is 2.26 bits per heavy atom. The smallest absolute Gasteiger partial charge is 0.210 e. The van der Waals surface area contributed by atoms with Gasteiger partial charge in [0.1, 0.15) is 4.90 Å². The lowest BCUT2D eigenvalue weighted by molar-refractivity contribution is 0.584. The first-order valence-corrected chi connectivity index (χ1v) is 8.41. The first-order chi connectivity index (χ1) is 9.01. The third-order valence-electron chi connectivity index (χ3n) is 2.12. The second-order valence-corrected chi connectivity index (χ2v) is 6.81. The molecule has 0 spiro atoms. The first kappa shape index (κ1) is 16.1. The van der Waals surface area contributed by atoms with E-state index in [4.69, 9.17) is 16.9 Å². The van der Waals surface area contributed by atoms with Gasteiger partial charge in [0.25, 0.3) is 0 Å². The average Bonchev–Trinajstić information content (AvgIpc) is 2.39. The van der Waals surface area contributed by atoms with E-state index < -0.39 is 10.0 Å². The van der Waals surface area contributed by atoms with E-state index in [9.17, 15) is 8.42 Å². The predicted molar refractivity (Wildman–Crippen MR) is 78.9 cm³/mol. The van der Waals surface area contributed by atoms with E-state index in [1.165, 1.54) is 18.2 Å². The normalized spacial score (nSPS) is 10.9. The number of nitrogens with one attached hydrogen (secondary N) is 1. The number of benzene rings is 1. The summed E-state index contributed by atoms with van der Waals surface area (Å²) in [6.07, 6.45) is 1.76. The molecule has 0 fully saturated rings. The summed E-state index contributed by atoms with van der Waals surface area (Å²) < 4.78 is 26.5. The van der Waals surface area contributed by atoms with Crippen LogP contribution in [0.2, 0.25) is 5.02 Å². The maximum atomic E-state index is 12.0. The quantitative estimate of drug-likeness (QED) is 0.619. The summed E-state index contributed by atoms with van der Waals surface area (Å²) in [4.78, 5) is -0.0677. The van der Waals surface area contributed by atoms with Gasteiger partial charge in [-0.2, -0.15) is 17.0 Å². The lowest BCUT2D eigenvalue weighted by atomic mass is 10.2. The molecule has 0 saturated carbocycles. The van der Waals surface area contributed by atoms with E-state index in [1.807, 2.05) is 6.07 Å². The highest BCUT2D eigenvalue weighted by molar-refractivity contribution is 7.99. The van der Waals surface area contributed by atoms with Crippen molar-refractivity contribution in [2.24, 2.45) is 0 Å². The number of hydrogen-bond donors (Lipinski definition) is 1. The van der Waals surface area contributed by atoms with Crippen LogP contribution in [0.25, 0.3) is 0 Å². The number of hydrogen-bond acceptors (Lipinski definition) is 4. The summed E-state index contributed by atoms with van der Waals surface area (Å²) in [5, 5.41) is 8.87. The summed E-state index contributed by atoms with van der Waals surface area (Å²) in [6.45, 7) is 3.88. The topological polar surface area (TPSA) is 70.0 Å². The van der Waals surface area contributed by atoms with Crippen molar-refractivity contribution in [2.45, 2.75) is 4.90 Å². The maximum Gasteiger partial charge on any atom is 0.242 e. The van der Waals surface area contributed by atoms with Crippen LogP contribution < -0.4 is 4.72 Å². The van der Waals surface area contributed by atoms with Gasteiger partial charge in [-0.05, 0) is 18.2 Å². The van der Waals surface area contributed by atoms with Crippen LogP contribution in [0.15, 0.2) is 35.7 Å². The van der Waals surface area contributed by atoms with Crippen LogP contribution in [0.4, 0.5) is 0 Å². The Bertz CT molecular complexity index is 594. The van der Waals surface area contributed by atoms with Crippen LogP contribution in [0.3, 0.4) is 0 Å². The van der Waals surface area contributed by atoms with Crippen molar-refractivity contribution in [2.75, 3.05) is 18.1 Å². The van der Waals surface area contributed by atoms with Gasteiger partial charge < -0.3 is 0 Å². The molecule has 0 heterocycles. The van der Waals surface area contributed by atoms with Gasteiger partial charge in [0, 0.05) is 18.1 Å². The van der Waals surface area contributed by atoms with Crippen molar-refractivity contribution >= 4 is 33.4 Å². The SMILES string of the molecule is C=CCSCCNS(=O)(=O)c1cc(C#N)ccc1Cl. The Kier molecular flexibility index (Phi) is 6.38. The summed E-state index contributed by atoms with van der Waals surface area (Å²) >= 11 is 7.42. The van der Waals surface area contributed by atoms with Crippen molar-refractivity contribution in [1.29, 1.82) is 5.26 Å². The standard InChI is InChI=1S/C12H13ClN2O2S2/c1-2-6-18-7-5-15-19(16,17)12-8-10(9-14)3-4-11(12)13/h2-4,8,15H,1,5-7H2. The molecule has 0 aliphatic heterocycles. The van der Waals surface area contributed by atoms with Gasteiger partial charge in [0.15, 0.2) is 0 Å². The zero-order chi connectivity index (χ0) is 14.3. The van der Waals surface area contributed by atoms with Crippen LogP contribution in [-0.2, 0) is 10.0 Å². The molecule has 19 heavy (non-hydrogen) atoms. The van der Waals surface area contributed by atoms with E-state index in [0.717, 1.165) is 5.75 Å². The zero-order valence-electron chi connectivity index (χ0n) is 10.1. The van der Waals surface area contributed by atoms with E-state index in [2.05, 4.69) is 11.3 Å². The van der Waals surface area contributed by atoms with Crippen LogP contribution in [0, 0.1) is 11.3 Å². The highest BCUT2D eigenvalue weighted by Gasteiger charge is 2.17. The minimum absolute atomic E-state index is 0.0677. The molecule has 7 heteroatoms. The fraction of sp³-hybridized carbons (Fsp3) is 0.250. The molecule has 1 N–H and O–H groups in total. The third-order valence-corrected chi connectivity index (χ3v) is 5.03. The molecule has 0 amide bonds. The maximum absolute atomic E-state index is 12.0. The molecule has 0 radical (unpaired) electrons. The van der Waals surface area contributed by atoms with Crippen LogP contribution >= 0.6 is 23.4 Å². The molecule has 0 saturated heterocycles. The minimum Gasteiger partial charge on any atom is -0.210 e. The molecule has 1 aromatic rings. The molecule has 4 nitrogen and oxygen atoms in total. The first-order valence-electron chi connectivity index (χ1n) is 5.39. The van der Waals surface area contributed by atoms with Crippen molar-refractivity contribution < 1.29 is 8.42 Å². The van der Waals surface area contributed by atoms with Crippen molar-refractivity contribution in [3.05, 3.63) is 41.4 Å². The Morgan fingerprint density at radius 1 is 1.53 bits per heavy atom. The van der Waals surface area contributed by atoms with Crippen molar-refractivity contribution in [3.8, 4) is 6.07 Å². The lowest BCUT2D eigenvalue weighted by Gasteiger charge is -2.08. The second kappa shape index (κ2) is 7.56. The molecular formula is C12H13ClN2O2S2. The molecule has 0 aromatic heterocycles. The molecule has 1 rings (SSSR count). The van der Waals surface area contributed by atoms with Crippen molar-refractivity contribution in [1.82, 2.24) is 4.72 Å². The fourth-order valence-corrected chi connectivity index (χ4v) is 3.54. The molecule has 0 bridgehead atoms. The molecule has 1 aromatic carbocycles. The van der Waals surface area contributed by atoms with Crippen LogP contribution in [-0.4, -0.2) is 26.5 Å². The second-order valence-electron chi connectivity index (χ2n) is 3.52. The summed E-state index contributed by atoms with van der Waals surface area (Å²) in [6, 6.07) is 6.03. The fourth-order valence-electron chi connectivity index (χ4n) is 1.27. The molecule has 0 aliphatic rings. The van der Waals surface area contributed by atoms with Gasteiger partial charge in [0.05, 0.1) is 16.7 Å². The van der Waals surface area contributed by atoms with Crippen LogP contribution in [0.1, 0.15) is 5.56 Å². The lowest BCUT2D eigenvalue weighted by Crippen LogP contribution is -2.26. The summed E-state index contributed by atoms with van der Waals surface area (Å²) in [5.41, 5.74) is 0.255. The van der Waals surface area contributed by atoms with Gasteiger partial charge in [-0.25, -0.2) is 13.1 Å². The largest absolute Gasteiger partial charge is 0.242 e. The minimum atomic E-state index is -3.68. The van der Waals surface area contributed by atoms with Gasteiger partial charge in [-0.3, -0.25) is 0 Å². The number of sulfonamides is 1. The Hall–Kier alpha value is -1.00. The zero-order valence-corrected chi connectivity index (χ0v) is 12.5. The molecular weight excluding hydrogens is 304 g/mol. The Morgan fingerprint density at radius 3 is 2.89 bits per heavy atom. The van der Waals surface area contributed by atoms with Crippen molar-refractivity contribution in [3.63, 3.8) is 0 Å². The molecule has 0 unspecified atom stereocenters. The molecule has 0 atom stereocenters. The number of thioether (sulfide) groups is 1. The number of halogens is 1. The average molecular weight is 317 g/mol. The van der Waals surface area contributed by atoms with Gasteiger partial charge >= 0.3 is 0 Å². The Balaban J connectivity index is 2.77. The summed E-state index contributed by atoms with van der Waals surface area (Å²) in [7, 11) is -3.68. The number of rotatable bonds is 7. The molecule has 0 aliphatic carbocycles. The van der Waals surface area contributed by atoms with Gasteiger partial charge in [-0.1, -0.05) is 17.7 Å². The van der Waals surface area contributed by atoms with E-state index in [-0.39, 0.29) is 15.5 Å². The monoisotopic (exact) mass is 316 g/mol. The predicted octanol–water partition coefficient (Wildman–Crippen LogP) is 2.41. The molecule has 102 valence electrons. The third kappa shape index (κ3) is 4.88. The van der Waals surface area contributed by atoms with Gasteiger partial charge in [-0.15, -0.1) is 6.58 Å². The highest BCUT2D eigenvalue weighted by Crippen LogP contribution is 2.22. The van der Waals surface area contributed by atoms with E-state index in [1.54, 1.807) is 17.8 Å². The van der Waals surface area contributed by atoms with E-state index in [0.29, 0.717) is 12.3 Å². The van der Waals surface area contributed by atoms with Crippen LogP contribution in [0.5, 0.6) is 0 Å². The number of nitriles is 1. The van der Waals surface area contributed by atoms with Gasteiger partial charge in [0.2, 0.25) is 10.0 Å². The summed E-state index contributed by atoms with van der Waals surface area (Å²) in [5.74, 6) is 1.41. The Labute approximate surface area is 122 Å². The highest BCUT2D eigenvalue weighted by atomic mass is 35.5. The number of nitrogens with zero attached hydrogens (tertiary/aromatic N) is 1.